The Hall–Kier alpha value is -0.380. The van der Waals surface area contributed by atoms with Crippen molar-refractivity contribution >= 4 is 11.3 Å². The quantitative estimate of drug-likeness (QED) is 0.836. The van der Waals surface area contributed by atoms with Crippen molar-refractivity contribution in [3.63, 3.8) is 0 Å². The van der Waals surface area contributed by atoms with Crippen LogP contribution in [0.25, 0.3) is 0 Å². The fourth-order valence-corrected chi connectivity index (χ4v) is 2.25. The molecule has 0 aliphatic rings. The first-order valence-electron chi connectivity index (χ1n) is 5.37. The molecule has 0 bridgehead atoms. The molecule has 0 amide bonds. The molecule has 15 heavy (non-hydrogen) atoms. The van der Waals surface area contributed by atoms with Crippen LogP contribution in [0.1, 0.15) is 32.6 Å². The van der Waals surface area contributed by atoms with Crippen molar-refractivity contribution in [2.24, 2.45) is 0 Å². The van der Waals surface area contributed by atoms with Crippen molar-refractivity contribution in [2.45, 2.75) is 45.9 Å². The zero-order valence-corrected chi connectivity index (χ0v) is 10.8. The van der Waals surface area contributed by atoms with Crippen molar-refractivity contribution in [3.8, 4) is 0 Å². The molecular formula is C12H21NOS. The minimum atomic E-state index is -0.623. The molecule has 0 saturated heterocycles. The standard InChI is InChI=1S/C12H21NOS/c1-10(2)13(9-12(3,4)14)8-11-6-5-7-15-11/h5-7,10,14H,8-9H2,1-4H3. The second-order valence-corrected chi connectivity index (χ2v) is 5.92. The van der Waals surface area contributed by atoms with Gasteiger partial charge in [-0.2, -0.15) is 0 Å². The average molecular weight is 227 g/mol. The van der Waals surface area contributed by atoms with Crippen molar-refractivity contribution in [2.75, 3.05) is 6.54 Å². The molecule has 1 heterocycles. The van der Waals surface area contributed by atoms with Crippen LogP contribution in [0.5, 0.6) is 0 Å². The van der Waals surface area contributed by atoms with Crippen LogP contribution in [0, 0.1) is 0 Å². The highest BCUT2D eigenvalue weighted by molar-refractivity contribution is 7.09. The predicted octanol–water partition coefficient (Wildman–Crippen LogP) is 2.73. The van der Waals surface area contributed by atoms with Gasteiger partial charge in [-0.05, 0) is 39.1 Å². The van der Waals surface area contributed by atoms with Crippen molar-refractivity contribution in [1.82, 2.24) is 4.90 Å². The summed E-state index contributed by atoms with van der Waals surface area (Å²) in [7, 11) is 0. The van der Waals surface area contributed by atoms with E-state index in [0.717, 1.165) is 6.54 Å². The van der Waals surface area contributed by atoms with Crippen LogP contribution in [-0.2, 0) is 6.54 Å². The average Bonchev–Trinajstić information content (AvgIpc) is 2.52. The Kier molecular flexibility index (Phi) is 4.32. The summed E-state index contributed by atoms with van der Waals surface area (Å²) in [5, 5.41) is 11.9. The summed E-state index contributed by atoms with van der Waals surface area (Å²) < 4.78 is 0. The maximum atomic E-state index is 9.83. The maximum Gasteiger partial charge on any atom is 0.0718 e. The van der Waals surface area contributed by atoms with E-state index < -0.39 is 5.60 Å². The monoisotopic (exact) mass is 227 g/mol. The van der Waals surface area contributed by atoms with Gasteiger partial charge in [0.2, 0.25) is 0 Å². The van der Waals surface area contributed by atoms with Crippen LogP contribution in [0.15, 0.2) is 17.5 Å². The molecule has 1 aromatic heterocycles. The number of hydrogen-bond donors (Lipinski definition) is 1. The first-order valence-corrected chi connectivity index (χ1v) is 6.25. The Morgan fingerprint density at radius 3 is 2.53 bits per heavy atom. The lowest BCUT2D eigenvalue weighted by Gasteiger charge is -2.31. The van der Waals surface area contributed by atoms with E-state index >= 15 is 0 Å². The van der Waals surface area contributed by atoms with Crippen molar-refractivity contribution in [3.05, 3.63) is 22.4 Å². The minimum absolute atomic E-state index is 0.457. The summed E-state index contributed by atoms with van der Waals surface area (Å²) in [6.45, 7) is 9.69. The molecule has 86 valence electrons. The van der Waals surface area contributed by atoms with E-state index in [1.165, 1.54) is 4.88 Å². The molecular weight excluding hydrogens is 206 g/mol. The molecule has 0 fully saturated rings. The number of rotatable bonds is 5. The highest BCUT2D eigenvalue weighted by atomic mass is 32.1. The van der Waals surface area contributed by atoms with Crippen LogP contribution < -0.4 is 0 Å². The van der Waals surface area contributed by atoms with Gasteiger partial charge in [-0.1, -0.05) is 6.07 Å². The molecule has 2 nitrogen and oxygen atoms in total. The third kappa shape index (κ3) is 4.78. The molecule has 0 saturated carbocycles. The van der Waals surface area contributed by atoms with E-state index in [-0.39, 0.29) is 0 Å². The van der Waals surface area contributed by atoms with E-state index in [9.17, 15) is 5.11 Å². The highest BCUT2D eigenvalue weighted by Crippen LogP contribution is 2.16. The summed E-state index contributed by atoms with van der Waals surface area (Å²) in [5.41, 5.74) is -0.623. The van der Waals surface area contributed by atoms with Gasteiger partial charge in [0, 0.05) is 24.0 Å². The van der Waals surface area contributed by atoms with Gasteiger partial charge in [0.05, 0.1) is 5.60 Å². The Bertz CT molecular complexity index is 274. The Labute approximate surface area is 96.5 Å². The number of hydrogen-bond acceptors (Lipinski definition) is 3. The van der Waals surface area contributed by atoms with E-state index in [1.54, 1.807) is 11.3 Å². The molecule has 1 rings (SSSR count). The second kappa shape index (κ2) is 5.10. The lowest BCUT2D eigenvalue weighted by atomic mass is 10.1. The molecule has 0 aromatic carbocycles. The number of thiophene rings is 1. The summed E-state index contributed by atoms with van der Waals surface area (Å²) in [5.74, 6) is 0. The summed E-state index contributed by atoms with van der Waals surface area (Å²) >= 11 is 1.77. The zero-order valence-electron chi connectivity index (χ0n) is 10.0. The van der Waals surface area contributed by atoms with E-state index in [0.29, 0.717) is 12.6 Å². The molecule has 0 radical (unpaired) electrons. The molecule has 0 atom stereocenters. The van der Waals surface area contributed by atoms with Gasteiger partial charge in [0.25, 0.3) is 0 Å². The third-order valence-corrected chi connectivity index (χ3v) is 3.12. The van der Waals surface area contributed by atoms with Crippen LogP contribution in [0.4, 0.5) is 0 Å². The normalized spacial score (nSPS) is 12.7. The second-order valence-electron chi connectivity index (χ2n) is 4.89. The smallest absolute Gasteiger partial charge is 0.0718 e. The molecule has 0 unspecified atom stereocenters. The van der Waals surface area contributed by atoms with E-state index in [2.05, 4.69) is 36.3 Å². The largest absolute Gasteiger partial charge is 0.389 e. The van der Waals surface area contributed by atoms with E-state index in [4.69, 9.17) is 0 Å². The van der Waals surface area contributed by atoms with E-state index in [1.807, 2.05) is 13.8 Å². The summed E-state index contributed by atoms with van der Waals surface area (Å²) in [6.07, 6.45) is 0. The fraction of sp³-hybridized carbons (Fsp3) is 0.667. The molecule has 1 aromatic rings. The summed E-state index contributed by atoms with van der Waals surface area (Å²) in [4.78, 5) is 3.65. The maximum absolute atomic E-state index is 9.83. The van der Waals surface area contributed by atoms with Crippen molar-refractivity contribution < 1.29 is 5.11 Å². The minimum Gasteiger partial charge on any atom is -0.389 e. The Morgan fingerprint density at radius 2 is 2.13 bits per heavy atom. The lowest BCUT2D eigenvalue weighted by molar-refractivity contribution is 0.0229. The molecule has 0 aliphatic heterocycles. The van der Waals surface area contributed by atoms with Gasteiger partial charge in [-0.15, -0.1) is 11.3 Å². The van der Waals surface area contributed by atoms with Gasteiger partial charge in [0.15, 0.2) is 0 Å². The summed E-state index contributed by atoms with van der Waals surface area (Å²) in [6, 6.07) is 4.67. The molecule has 3 heteroatoms. The van der Waals surface area contributed by atoms with Gasteiger partial charge in [-0.3, -0.25) is 4.90 Å². The van der Waals surface area contributed by atoms with Crippen LogP contribution >= 0.6 is 11.3 Å². The zero-order chi connectivity index (χ0) is 11.5. The molecule has 0 aliphatic carbocycles. The van der Waals surface area contributed by atoms with Gasteiger partial charge in [0.1, 0.15) is 0 Å². The molecule has 1 N–H and O–H groups in total. The lowest BCUT2D eigenvalue weighted by Crippen LogP contribution is -2.41. The fourth-order valence-electron chi connectivity index (χ4n) is 1.52. The number of aliphatic hydroxyl groups is 1. The van der Waals surface area contributed by atoms with Gasteiger partial charge >= 0.3 is 0 Å². The van der Waals surface area contributed by atoms with Crippen LogP contribution in [-0.4, -0.2) is 28.2 Å². The Balaban J connectivity index is 2.59. The predicted molar refractivity (Wildman–Crippen MR) is 66.2 cm³/mol. The third-order valence-electron chi connectivity index (χ3n) is 2.26. The van der Waals surface area contributed by atoms with Crippen LogP contribution in [0.2, 0.25) is 0 Å². The first kappa shape index (κ1) is 12.7. The van der Waals surface area contributed by atoms with Crippen molar-refractivity contribution in [1.29, 1.82) is 0 Å². The van der Waals surface area contributed by atoms with Gasteiger partial charge in [-0.25, -0.2) is 0 Å². The SMILES string of the molecule is CC(C)N(Cc1cccs1)CC(C)(C)O. The van der Waals surface area contributed by atoms with Crippen LogP contribution in [0.3, 0.4) is 0 Å². The van der Waals surface area contributed by atoms with Gasteiger partial charge < -0.3 is 5.11 Å². The Morgan fingerprint density at radius 1 is 1.47 bits per heavy atom. The highest BCUT2D eigenvalue weighted by Gasteiger charge is 2.20. The number of nitrogens with zero attached hydrogens (tertiary/aromatic N) is 1. The first-order chi connectivity index (χ1) is 6.88. The molecule has 0 spiro atoms. The topological polar surface area (TPSA) is 23.5 Å².